The van der Waals surface area contributed by atoms with Gasteiger partial charge in [0.1, 0.15) is 0 Å². The van der Waals surface area contributed by atoms with Crippen LogP contribution >= 0.6 is 0 Å². The molecule has 0 aliphatic rings. The maximum atomic E-state index is 3.23. The largest absolute Gasteiger partial charge is 0.344 e. The first kappa shape index (κ1) is 13.6. The summed E-state index contributed by atoms with van der Waals surface area (Å²) in [6.07, 6.45) is 0. The molecule has 0 aliphatic carbocycles. The van der Waals surface area contributed by atoms with Crippen LogP contribution in [0.1, 0.15) is 16.7 Å². The molecule has 100 valence electrons. The monoisotopic (exact) mass is 254 g/mol. The number of hydrogen-bond acceptors (Lipinski definition) is 2. The second-order valence-corrected chi connectivity index (χ2v) is 5.01. The van der Waals surface area contributed by atoms with Crippen LogP contribution in [-0.4, -0.2) is 14.1 Å². The Labute approximate surface area is 116 Å². The summed E-state index contributed by atoms with van der Waals surface area (Å²) >= 11 is 0. The third-order valence-corrected chi connectivity index (χ3v) is 3.43. The van der Waals surface area contributed by atoms with Crippen molar-refractivity contribution in [3.8, 4) is 0 Å². The molecule has 0 saturated carbocycles. The van der Waals surface area contributed by atoms with Gasteiger partial charge in [0.15, 0.2) is 0 Å². The van der Waals surface area contributed by atoms with Gasteiger partial charge in [-0.15, -0.1) is 0 Å². The van der Waals surface area contributed by atoms with E-state index in [0.717, 1.165) is 6.54 Å². The Balaban J connectivity index is 2.41. The highest BCUT2D eigenvalue weighted by Gasteiger charge is 2.10. The molecule has 19 heavy (non-hydrogen) atoms. The Morgan fingerprint density at radius 3 is 2.42 bits per heavy atom. The van der Waals surface area contributed by atoms with Crippen LogP contribution in [0.15, 0.2) is 42.5 Å². The molecule has 0 heterocycles. The van der Waals surface area contributed by atoms with Crippen LogP contribution in [-0.2, 0) is 6.54 Å². The minimum Gasteiger partial charge on any atom is -0.344 e. The first-order valence-electron chi connectivity index (χ1n) is 6.67. The van der Waals surface area contributed by atoms with Crippen LogP contribution in [0.25, 0.3) is 0 Å². The fourth-order valence-corrected chi connectivity index (χ4v) is 2.49. The maximum Gasteiger partial charge on any atom is 0.0453 e. The molecule has 1 N–H and O–H groups in total. The van der Waals surface area contributed by atoms with E-state index in [1.165, 1.54) is 28.1 Å². The highest BCUT2D eigenvalue weighted by atomic mass is 15.1. The predicted molar refractivity (Wildman–Crippen MR) is 83.2 cm³/mol. The Morgan fingerprint density at radius 1 is 1.00 bits per heavy atom. The summed E-state index contributed by atoms with van der Waals surface area (Å²) in [5, 5.41) is 3.23. The van der Waals surface area contributed by atoms with E-state index in [1.807, 2.05) is 7.05 Å². The maximum absolute atomic E-state index is 3.23. The molecular weight excluding hydrogens is 232 g/mol. The molecule has 0 saturated heterocycles. The lowest BCUT2D eigenvalue weighted by Gasteiger charge is -2.24. The topological polar surface area (TPSA) is 15.3 Å². The molecule has 2 aromatic carbocycles. The van der Waals surface area contributed by atoms with Gasteiger partial charge in [0, 0.05) is 25.0 Å². The van der Waals surface area contributed by atoms with Crippen LogP contribution in [0.3, 0.4) is 0 Å². The van der Waals surface area contributed by atoms with Crippen LogP contribution in [0, 0.1) is 13.8 Å². The normalized spacial score (nSPS) is 10.5. The van der Waals surface area contributed by atoms with E-state index in [-0.39, 0.29) is 0 Å². The highest BCUT2D eigenvalue weighted by molar-refractivity contribution is 5.68. The van der Waals surface area contributed by atoms with E-state index in [9.17, 15) is 0 Å². The molecule has 2 heteroatoms. The van der Waals surface area contributed by atoms with Crippen molar-refractivity contribution < 1.29 is 0 Å². The quantitative estimate of drug-likeness (QED) is 0.893. The number of anilines is 2. The summed E-state index contributed by atoms with van der Waals surface area (Å²) < 4.78 is 0. The van der Waals surface area contributed by atoms with Gasteiger partial charge in [0.05, 0.1) is 0 Å². The summed E-state index contributed by atoms with van der Waals surface area (Å²) in [6.45, 7) is 5.18. The van der Waals surface area contributed by atoms with Crippen molar-refractivity contribution >= 4 is 11.4 Å². The average Bonchev–Trinajstić information content (AvgIpc) is 2.39. The second kappa shape index (κ2) is 5.89. The molecule has 0 unspecified atom stereocenters. The van der Waals surface area contributed by atoms with E-state index in [4.69, 9.17) is 0 Å². The van der Waals surface area contributed by atoms with Crippen LogP contribution in [0.4, 0.5) is 11.4 Å². The fourth-order valence-electron chi connectivity index (χ4n) is 2.49. The van der Waals surface area contributed by atoms with Crippen molar-refractivity contribution in [1.82, 2.24) is 5.32 Å². The standard InChI is InChI=1S/C17H22N2/c1-13-9-10-16(14(2)11-13)19(4)17-8-6-5-7-15(17)12-18-3/h5-11,18H,12H2,1-4H3. The van der Waals surface area contributed by atoms with Crippen LogP contribution in [0.5, 0.6) is 0 Å². The van der Waals surface area contributed by atoms with Crippen molar-refractivity contribution in [1.29, 1.82) is 0 Å². The van der Waals surface area contributed by atoms with Gasteiger partial charge in [-0.3, -0.25) is 0 Å². The summed E-state index contributed by atoms with van der Waals surface area (Å²) in [4.78, 5) is 2.27. The van der Waals surface area contributed by atoms with Gasteiger partial charge in [-0.05, 0) is 44.2 Å². The first-order chi connectivity index (χ1) is 9.13. The smallest absolute Gasteiger partial charge is 0.0453 e. The van der Waals surface area contributed by atoms with Gasteiger partial charge in [0.25, 0.3) is 0 Å². The van der Waals surface area contributed by atoms with Crippen molar-refractivity contribution in [2.45, 2.75) is 20.4 Å². The minimum absolute atomic E-state index is 0.880. The molecule has 0 amide bonds. The molecule has 0 fully saturated rings. The number of nitrogens with zero attached hydrogens (tertiary/aromatic N) is 1. The minimum atomic E-state index is 0.880. The first-order valence-corrected chi connectivity index (χ1v) is 6.67. The number of nitrogens with one attached hydrogen (secondary N) is 1. The van der Waals surface area contributed by atoms with Crippen LogP contribution in [0.2, 0.25) is 0 Å². The number of hydrogen-bond donors (Lipinski definition) is 1. The summed E-state index contributed by atoms with van der Waals surface area (Å²) in [5.74, 6) is 0. The molecule has 2 rings (SSSR count). The van der Waals surface area contributed by atoms with Crippen LogP contribution < -0.4 is 10.2 Å². The molecule has 0 aliphatic heterocycles. The summed E-state index contributed by atoms with van der Waals surface area (Å²) in [7, 11) is 4.11. The lowest BCUT2D eigenvalue weighted by molar-refractivity contribution is 0.816. The Kier molecular flexibility index (Phi) is 4.23. The third kappa shape index (κ3) is 2.96. The molecule has 2 nitrogen and oxygen atoms in total. The van der Waals surface area contributed by atoms with Gasteiger partial charge in [-0.2, -0.15) is 0 Å². The molecule has 0 atom stereocenters. The molecule has 0 aromatic heterocycles. The zero-order valence-electron chi connectivity index (χ0n) is 12.2. The van der Waals surface area contributed by atoms with Gasteiger partial charge < -0.3 is 10.2 Å². The number of aryl methyl sites for hydroxylation is 2. The molecular formula is C17H22N2. The Morgan fingerprint density at radius 2 is 1.74 bits per heavy atom. The number of rotatable bonds is 4. The van der Waals surface area contributed by atoms with E-state index in [1.54, 1.807) is 0 Å². The zero-order valence-corrected chi connectivity index (χ0v) is 12.2. The summed E-state index contributed by atoms with van der Waals surface area (Å²) in [5.41, 5.74) is 6.44. The van der Waals surface area contributed by atoms with Crippen molar-refractivity contribution in [3.05, 3.63) is 59.2 Å². The molecule has 2 aromatic rings. The molecule has 0 spiro atoms. The van der Waals surface area contributed by atoms with E-state index in [0.29, 0.717) is 0 Å². The predicted octanol–water partition coefficient (Wildman–Crippen LogP) is 3.79. The SMILES string of the molecule is CNCc1ccccc1N(C)c1ccc(C)cc1C. The van der Waals surface area contributed by atoms with Crippen molar-refractivity contribution in [2.75, 3.05) is 19.0 Å². The molecule has 0 bridgehead atoms. The highest BCUT2D eigenvalue weighted by Crippen LogP contribution is 2.29. The fraction of sp³-hybridized carbons (Fsp3) is 0.294. The third-order valence-electron chi connectivity index (χ3n) is 3.43. The molecule has 0 radical (unpaired) electrons. The van der Waals surface area contributed by atoms with Crippen molar-refractivity contribution in [2.24, 2.45) is 0 Å². The second-order valence-electron chi connectivity index (χ2n) is 5.01. The summed E-state index contributed by atoms with van der Waals surface area (Å²) in [6, 6.07) is 15.1. The average molecular weight is 254 g/mol. The van der Waals surface area contributed by atoms with Gasteiger partial charge in [-0.1, -0.05) is 35.9 Å². The van der Waals surface area contributed by atoms with E-state index < -0.39 is 0 Å². The Bertz CT molecular complexity index is 561. The van der Waals surface area contributed by atoms with Gasteiger partial charge in [-0.25, -0.2) is 0 Å². The lowest BCUT2D eigenvalue weighted by atomic mass is 10.1. The lowest BCUT2D eigenvalue weighted by Crippen LogP contribution is -2.15. The zero-order chi connectivity index (χ0) is 13.8. The Hall–Kier alpha value is -1.80. The van der Waals surface area contributed by atoms with E-state index in [2.05, 4.69) is 73.6 Å². The van der Waals surface area contributed by atoms with Gasteiger partial charge in [0.2, 0.25) is 0 Å². The van der Waals surface area contributed by atoms with Gasteiger partial charge >= 0.3 is 0 Å². The number of para-hydroxylation sites is 1. The van der Waals surface area contributed by atoms with E-state index >= 15 is 0 Å². The van der Waals surface area contributed by atoms with Crippen molar-refractivity contribution in [3.63, 3.8) is 0 Å². The number of benzene rings is 2.